The highest BCUT2D eigenvalue weighted by Gasteiger charge is 2.46. The lowest BCUT2D eigenvalue weighted by Crippen LogP contribution is -2.81. The van der Waals surface area contributed by atoms with Gasteiger partial charge in [-0.25, -0.2) is 16.8 Å². The van der Waals surface area contributed by atoms with Gasteiger partial charge in [-0.15, -0.1) is 0 Å². The quantitative estimate of drug-likeness (QED) is 0.702. The van der Waals surface area contributed by atoms with Crippen LogP contribution in [0.15, 0.2) is 0 Å². The van der Waals surface area contributed by atoms with E-state index < -0.39 is 31.1 Å². The van der Waals surface area contributed by atoms with Crippen molar-refractivity contribution in [3.8, 4) is 0 Å². The van der Waals surface area contributed by atoms with Crippen molar-refractivity contribution in [1.82, 2.24) is 0 Å². The molecule has 0 aromatic rings. The summed E-state index contributed by atoms with van der Waals surface area (Å²) in [6, 6.07) is 0. The molecule has 0 bridgehead atoms. The molecule has 1 heterocycles. The first kappa shape index (κ1) is 23.4. The Labute approximate surface area is 136 Å². The summed E-state index contributed by atoms with van der Waals surface area (Å²) in [5.41, 5.74) is -12.4. The van der Waals surface area contributed by atoms with E-state index in [9.17, 15) is 43.2 Å². The van der Waals surface area contributed by atoms with Gasteiger partial charge < -0.3 is 9.44 Å². The van der Waals surface area contributed by atoms with Crippen molar-refractivity contribution in [2.45, 2.75) is 43.6 Å². The van der Waals surface area contributed by atoms with Crippen LogP contribution in [0.5, 0.6) is 0 Å². The normalized spacial score (nSPS) is 19.7. The molecule has 1 saturated heterocycles. The summed E-state index contributed by atoms with van der Waals surface area (Å²) >= 11 is 0. The summed E-state index contributed by atoms with van der Waals surface area (Å²) in [5.74, 6) is 1.06. The maximum atomic E-state index is 11.4. The predicted molar refractivity (Wildman–Crippen MR) is 72.6 cm³/mol. The first-order chi connectivity index (χ1) is 10.6. The second-order valence-electron chi connectivity index (χ2n) is 5.03. The number of unbranched alkanes of at least 4 members (excludes halogenated alkanes) is 1. The fraction of sp³-hybridized carbons (Fsp3) is 1.00. The molecule has 0 aromatic heterocycles. The Morgan fingerprint density at radius 2 is 1.46 bits per heavy atom. The summed E-state index contributed by atoms with van der Waals surface area (Å²) in [5, 5.41) is 2.44. The standard InChI is InChI=1S/C8H17N.C2F6NO4S2/c1-2-3-4-8-5-6-9-7-8;3-1(4,5)14(10,11)9-15(12,13)2(6,7)8/h8-9H,2-7H2,1H3;/q;-1/p+1. The van der Waals surface area contributed by atoms with Crippen LogP contribution in [-0.4, -0.2) is 40.9 Å². The van der Waals surface area contributed by atoms with Crippen LogP contribution in [0.4, 0.5) is 26.3 Å². The number of nitrogens with two attached hydrogens (primary N) is 1. The molecular weight excluding hydrogens is 390 g/mol. The lowest BCUT2D eigenvalue weighted by molar-refractivity contribution is -0.638. The van der Waals surface area contributed by atoms with Crippen molar-refractivity contribution in [3.63, 3.8) is 0 Å². The molecule has 1 unspecified atom stereocenters. The lowest BCUT2D eigenvalue weighted by atomic mass is 10.0. The zero-order valence-electron chi connectivity index (χ0n) is 12.6. The molecule has 1 aliphatic heterocycles. The van der Waals surface area contributed by atoms with E-state index in [1.807, 2.05) is 0 Å². The second-order valence-corrected chi connectivity index (χ2v) is 8.45. The molecule has 1 atom stereocenters. The smallest absolute Gasteiger partial charge is 0.421 e. The zero-order chi connectivity index (χ0) is 19.2. The molecule has 0 spiro atoms. The Morgan fingerprint density at radius 3 is 1.75 bits per heavy atom. The van der Waals surface area contributed by atoms with E-state index in [4.69, 9.17) is 0 Å². The molecule has 0 amide bonds. The summed E-state index contributed by atoms with van der Waals surface area (Å²) < 4.78 is 109. The molecule has 1 aliphatic rings. The Bertz CT molecular complexity index is 537. The third-order valence-corrected chi connectivity index (χ3v) is 5.77. The Balaban J connectivity index is 0.000000496. The summed E-state index contributed by atoms with van der Waals surface area (Å²) in [4.78, 5) is 0. The zero-order valence-corrected chi connectivity index (χ0v) is 14.2. The predicted octanol–water partition coefficient (Wildman–Crippen LogP) is 1.82. The number of hydrogen-bond acceptors (Lipinski definition) is 4. The molecule has 6 nitrogen and oxygen atoms in total. The number of alkyl halides is 6. The van der Waals surface area contributed by atoms with E-state index in [1.165, 1.54) is 38.8 Å². The average Bonchev–Trinajstić information content (AvgIpc) is 2.86. The molecule has 0 radical (unpaired) electrons. The Morgan fingerprint density at radius 1 is 1.00 bits per heavy atom. The van der Waals surface area contributed by atoms with E-state index in [2.05, 4.69) is 12.2 Å². The topological polar surface area (TPSA) is 99.0 Å². The molecule has 146 valence electrons. The van der Waals surface area contributed by atoms with Crippen LogP contribution in [0.25, 0.3) is 4.13 Å². The number of nitrogens with zero attached hydrogens (tertiary/aromatic N) is 1. The van der Waals surface area contributed by atoms with Crippen LogP contribution >= 0.6 is 0 Å². The molecule has 1 rings (SSSR count). The first-order valence-electron chi connectivity index (χ1n) is 6.82. The molecule has 14 heteroatoms. The van der Waals surface area contributed by atoms with Gasteiger partial charge in [0.15, 0.2) is 20.0 Å². The van der Waals surface area contributed by atoms with Crippen molar-refractivity contribution < 1.29 is 48.5 Å². The minimum atomic E-state index is -6.72. The Kier molecular flexibility index (Phi) is 8.45. The van der Waals surface area contributed by atoms with Gasteiger partial charge in [0.2, 0.25) is 0 Å². The van der Waals surface area contributed by atoms with Crippen molar-refractivity contribution in [3.05, 3.63) is 4.13 Å². The van der Waals surface area contributed by atoms with Gasteiger partial charge in [0, 0.05) is 12.3 Å². The van der Waals surface area contributed by atoms with Gasteiger partial charge in [-0.1, -0.05) is 19.8 Å². The number of sulfonamides is 2. The van der Waals surface area contributed by atoms with Gasteiger partial charge in [-0.2, -0.15) is 26.3 Å². The van der Waals surface area contributed by atoms with Crippen LogP contribution < -0.4 is 5.32 Å². The fourth-order valence-corrected chi connectivity index (χ4v) is 3.50. The molecule has 1 fully saturated rings. The van der Waals surface area contributed by atoms with Gasteiger partial charge in [0.25, 0.3) is 0 Å². The minimum Gasteiger partial charge on any atom is -0.421 e. The summed E-state index contributed by atoms with van der Waals surface area (Å²) in [7, 11) is -13.4. The summed E-state index contributed by atoms with van der Waals surface area (Å²) in [6.45, 7) is 5.06. The molecule has 24 heavy (non-hydrogen) atoms. The SMILES string of the molecule is CCCCC1CC[NH2+]C1.O=S(=O)([N-]S(=O)(=O)C(F)(F)F)C(F)(F)F. The number of rotatable bonds is 5. The van der Waals surface area contributed by atoms with Crippen LogP contribution in [0, 0.1) is 5.92 Å². The highest BCUT2D eigenvalue weighted by molar-refractivity contribution is 8.13. The third kappa shape index (κ3) is 7.53. The number of halogens is 6. The highest BCUT2D eigenvalue weighted by Crippen LogP contribution is 2.36. The van der Waals surface area contributed by atoms with Crippen molar-refractivity contribution in [2.75, 3.05) is 13.1 Å². The molecule has 0 aliphatic carbocycles. The van der Waals surface area contributed by atoms with E-state index >= 15 is 0 Å². The maximum absolute atomic E-state index is 11.4. The minimum absolute atomic E-state index is 0.778. The molecule has 0 saturated carbocycles. The van der Waals surface area contributed by atoms with Gasteiger partial charge in [0.1, 0.15) is 0 Å². The van der Waals surface area contributed by atoms with Crippen LogP contribution in [0.3, 0.4) is 0 Å². The largest absolute Gasteiger partial charge is 0.480 e. The second kappa shape index (κ2) is 8.67. The van der Waals surface area contributed by atoms with E-state index in [0.29, 0.717) is 0 Å². The maximum Gasteiger partial charge on any atom is 0.480 e. The summed E-state index contributed by atoms with van der Waals surface area (Å²) in [6.07, 6.45) is 5.77. The fourth-order valence-electron chi connectivity index (χ4n) is 1.79. The number of hydrogen-bond donors (Lipinski definition) is 1. The van der Waals surface area contributed by atoms with Gasteiger partial charge in [0.05, 0.1) is 13.1 Å². The van der Waals surface area contributed by atoms with Crippen LogP contribution in [-0.2, 0) is 20.0 Å². The first-order valence-corrected chi connectivity index (χ1v) is 9.70. The Hall–Kier alpha value is -0.600. The van der Waals surface area contributed by atoms with E-state index in [-0.39, 0.29) is 0 Å². The molecule has 2 N–H and O–H groups in total. The van der Waals surface area contributed by atoms with Crippen molar-refractivity contribution in [1.29, 1.82) is 0 Å². The highest BCUT2D eigenvalue weighted by atomic mass is 32.3. The van der Waals surface area contributed by atoms with Gasteiger partial charge in [-0.05, 0) is 6.42 Å². The lowest BCUT2D eigenvalue weighted by Gasteiger charge is -2.22. The van der Waals surface area contributed by atoms with Crippen LogP contribution in [0.1, 0.15) is 32.6 Å². The van der Waals surface area contributed by atoms with E-state index in [1.54, 1.807) is 0 Å². The molecular formula is C10H18F6N2O4S2. The monoisotopic (exact) mass is 408 g/mol. The van der Waals surface area contributed by atoms with Gasteiger partial charge >= 0.3 is 11.0 Å². The van der Waals surface area contributed by atoms with Crippen molar-refractivity contribution in [2.24, 2.45) is 5.92 Å². The van der Waals surface area contributed by atoms with E-state index in [0.717, 1.165) is 10.0 Å². The van der Waals surface area contributed by atoms with Crippen molar-refractivity contribution >= 4 is 20.0 Å². The average molecular weight is 408 g/mol. The van der Waals surface area contributed by atoms with Crippen LogP contribution in [0.2, 0.25) is 0 Å². The molecule has 0 aromatic carbocycles. The number of quaternary nitrogens is 1. The third-order valence-electron chi connectivity index (χ3n) is 3.03. The van der Waals surface area contributed by atoms with Gasteiger partial charge in [-0.3, -0.25) is 0 Å².